The second kappa shape index (κ2) is 8.18. The van der Waals surface area contributed by atoms with Gasteiger partial charge in [-0.05, 0) is 12.8 Å². The molecule has 1 heterocycles. The summed E-state index contributed by atoms with van der Waals surface area (Å²) in [5.41, 5.74) is 0. The maximum atomic E-state index is 12.2. The molecule has 0 spiro atoms. The summed E-state index contributed by atoms with van der Waals surface area (Å²) in [5.74, 6) is -0.870. The Kier molecular flexibility index (Phi) is 6.88. The lowest BCUT2D eigenvalue weighted by Crippen LogP contribution is -2.46. The van der Waals surface area contributed by atoms with E-state index in [-0.39, 0.29) is 19.3 Å². The Labute approximate surface area is 125 Å². The van der Waals surface area contributed by atoms with Crippen LogP contribution >= 0.6 is 0 Å². The molecule has 0 aromatic rings. The highest BCUT2D eigenvalue weighted by Crippen LogP contribution is 2.17. The van der Waals surface area contributed by atoms with Crippen LogP contribution in [0.25, 0.3) is 0 Å². The zero-order valence-corrected chi connectivity index (χ0v) is 12.1. The molecule has 1 fully saturated rings. The molecular formula is C12H19F3N2O5. The van der Waals surface area contributed by atoms with Crippen LogP contribution in [0.4, 0.5) is 18.0 Å². The summed E-state index contributed by atoms with van der Waals surface area (Å²) in [7, 11) is 1.06. The van der Waals surface area contributed by atoms with Crippen LogP contribution < -0.4 is 5.32 Å². The van der Waals surface area contributed by atoms with Crippen LogP contribution in [0.1, 0.15) is 12.8 Å². The third-order valence-electron chi connectivity index (χ3n) is 3.25. The number of rotatable bonds is 7. The van der Waals surface area contributed by atoms with Gasteiger partial charge in [-0.3, -0.25) is 10.1 Å². The monoisotopic (exact) mass is 328 g/mol. The summed E-state index contributed by atoms with van der Waals surface area (Å²) in [6.07, 6.45) is -4.21. The van der Waals surface area contributed by atoms with E-state index in [0.717, 1.165) is 7.11 Å². The van der Waals surface area contributed by atoms with Gasteiger partial charge in [-0.2, -0.15) is 13.2 Å². The van der Waals surface area contributed by atoms with Gasteiger partial charge in [-0.1, -0.05) is 0 Å². The topological polar surface area (TPSA) is 88.1 Å². The Morgan fingerprint density at radius 1 is 1.45 bits per heavy atom. The van der Waals surface area contributed by atoms with E-state index in [1.165, 1.54) is 4.90 Å². The number of carboxylic acid groups (broad SMARTS) is 1. The van der Waals surface area contributed by atoms with Gasteiger partial charge in [0.25, 0.3) is 0 Å². The molecule has 0 aromatic carbocycles. The minimum absolute atomic E-state index is 0.0213. The number of methoxy groups -OCH3 is 1. The first kappa shape index (κ1) is 18.5. The molecule has 10 heteroatoms. The highest BCUT2D eigenvalue weighted by Gasteiger charge is 2.32. The van der Waals surface area contributed by atoms with Gasteiger partial charge >= 0.3 is 18.2 Å². The molecule has 22 heavy (non-hydrogen) atoms. The van der Waals surface area contributed by atoms with Crippen LogP contribution in [-0.4, -0.2) is 73.7 Å². The van der Waals surface area contributed by atoms with Gasteiger partial charge in [0, 0.05) is 6.54 Å². The molecule has 0 bridgehead atoms. The van der Waals surface area contributed by atoms with Crippen LogP contribution in [0.2, 0.25) is 0 Å². The highest BCUT2D eigenvalue weighted by atomic mass is 19.4. The van der Waals surface area contributed by atoms with Gasteiger partial charge in [0.1, 0.15) is 6.04 Å². The molecule has 0 aromatic heterocycles. The Morgan fingerprint density at radius 3 is 2.68 bits per heavy atom. The third kappa shape index (κ3) is 6.06. The number of ether oxygens (including phenoxy) is 2. The molecule has 128 valence electrons. The molecule has 1 aliphatic heterocycles. The fourth-order valence-electron chi connectivity index (χ4n) is 2.17. The van der Waals surface area contributed by atoms with Crippen molar-refractivity contribution in [3.8, 4) is 0 Å². The number of carbonyl (C=O) groups is 2. The van der Waals surface area contributed by atoms with Crippen LogP contribution in [0, 0.1) is 0 Å². The van der Waals surface area contributed by atoms with E-state index < -0.39 is 30.8 Å². The molecule has 0 saturated carbocycles. The van der Waals surface area contributed by atoms with E-state index in [4.69, 9.17) is 9.84 Å². The van der Waals surface area contributed by atoms with Gasteiger partial charge in [-0.25, -0.2) is 4.79 Å². The van der Waals surface area contributed by atoms with Crippen LogP contribution in [-0.2, 0) is 14.3 Å². The number of hydrogen-bond donors (Lipinski definition) is 2. The van der Waals surface area contributed by atoms with E-state index >= 15 is 0 Å². The van der Waals surface area contributed by atoms with Crippen molar-refractivity contribution in [2.75, 3.05) is 33.4 Å². The molecule has 1 amide bonds. The second-order valence-electron chi connectivity index (χ2n) is 4.88. The molecular weight excluding hydrogens is 309 g/mol. The van der Waals surface area contributed by atoms with E-state index in [1.807, 2.05) is 5.32 Å². The first-order valence-electron chi connectivity index (χ1n) is 6.70. The quantitative estimate of drug-likeness (QED) is 0.673. The highest BCUT2D eigenvalue weighted by molar-refractivity contribution is 5.75. The molecule has 1 aliphatic rings. The predicted octanol–water partition coefficient (Wildman–Crippen LogP) is 0.839. The molecule has 0 aliphatic carbocycles. The van der Waals surface area contributed by atoms with Crippen LogP contribution in [0.3, 0.4) is 0 Å². The predicted molar refractivity (Wildman–Crippen MR) is 68.4 cm³/mol. The fraction of sp³-hybridized carbons (Fsp3) is 0.833. The first-order chi connectivity index (χ1) is 10.2. The number of halogens is 3. The molecule has 1 rings (SSSR count). The lowest BCUT2D eigenvalue weighted by molar-refractivity contribution is -0.148. The van der Waals surface area contributed by atoms with Crippen molar-refractivity contribution in [1.29, 1.82) is 0 Å². The molecule has 2 atom stereocenters. The summed E-state index contributed by atoms with van der Waals surface area (Å²) in [4.78, 5) is 23.5. The largest absolute Gasteiger partial charge is 0.468 e. The summed E-state index contributed by atoms with van der Waals surface area (Å²) in [6.45, 7) is -1.25. The average molecular weight is 328 g/mol. The summed E-state index contributed by atoms with van der Waals surface area (Å²) >= 11 is 0. The van der Waals surface area contributed by atoms with E-state index in [9.17, 15) is 22.8 Å². The molecule has 7 nitrogen and oxygen atoms in total. The Hall–Kier alpha value is -1.55. The standard InChI is InChI=1S/C12H19F3N2O5/c1-21-10(18)9(16-7-12(13,14)15)6-22-5-8-3-2-4-17(8)11(19)20/h8-9,16H,2-7H2,1H3,(H,19,20)/t8-,9+/m1/s1. The number of amides is 1. The summed E-state index contributed by atoms with van der Waals surface area (Å²) < 4.78 is 46.1. The minimum atomic E-state index is -4.46. The van der Waals surface area contributed by atoms with Gasteiger partial charge in [0.15, 0.2) is 0 Å². The molecule has 0 unspecified atom stereocenters. The average Bonchev–Trinajstić information content (AvgIpc) is 2.89. The van der Waals surface area contributed by atoms with Gasteiger partial charge in [0.05, 0.1) is 32.9 Å². The maximum absolute atomic E-state index is 12.2. The lowest BCUT2D eigenvalue weighted by Gasteiger charge is -2.23. The van der Waals surface area contributed by atoms with Crippen molar-refractivity contribution in [3.05, 3.63) is 0 Å². The number of likely N-dealkylation sites (tertiary alicyclic amines) is 1. The van der Waals surface area contributed by atoms with Crippen molar-refractivity contribution in [2.24, 2.45) is 0 Å². The normalized spacial score (nSPS) is 20.0. The molecule has 1 saturated heterocycles. The zero-order valence-electron chi connectivity index (χ0n) is 12.1. The van der Waals surface area contributed by atoms with Crippen molar-refractivity contribution < 1.29 is 37.3 Å². The van der Waals surface area contributed by atoms with Gasteiger partial charge < -0.3 is 19.5 Å². The first-order valence-corrected chi connectivity index (χ1v) is 6.70. The van der Waals surface area contributed by atoms with E-state index in [0.29, 0.717) is 19.4 Å². The van der Waals surface area contributed by atoms with Gasteiger partial charge in [-0.15, -0.1) is 0 Å². The molecule has 0 radical (unpaired) electrons. The summed E-state index contributed by atoms with van der Waals surface area (Å²) in [5, 5.41) is 11.0. The number of carbonyl (C=O) groups excluding carboxylic acids is 1. The maximum Gasteiger partial charge on any atom is 0.407 e. The fourth-order valence-corrected chi connectivity index (χ4v) is 2.17. The third-order valence-corrected chi connectivity index (χ3v) is 3.25. The number of alkyl halides is 3. The van der Waals surface area contributed by atoms with E-state index in [2.05, 4.69) is 4.74 Å². The Morgan fingerprint density at radius 2 is 2.14 bits per heavy atom. The van der Waals surface area contributed by atoms with Crippen LogP contribution in [0.5, 0.6) is 0 Å². The Balaban J connectivity index is 2.43. The summed E-state index contributed by atoms with van der Waals surface area (Å²) in [6, 6.07) is -1.61. The van der Waals surface area contributed by atoms with Crippen molar-refractivity contribution in [3.63, 3.8) is 0 Å². The van der Waals surface area contributed by atoms with Gasteiger partial charge in [0.2, 0.25) is 0 Å². The van der Waals surface area contributed by atoms with Crippen molar-refractivity contribution >= 4 is 12.1 Å². The second-order valence-corrected chi connectivity index (χ2v) is 4.88. The smallest absolute Gasteiger partial charge is 0.407 e. The van der Waals surface area contributed by atoms with E-state index in [1.54, 1.807) is 0 Å². The molecule has 2 N–H and O–H groups in total. The number of hydrogen-bond acceptors (Lipinski definition) is 5. The van der Waals surface area contributed by atoms with Crippen LogP contribution in [0.15, 0.2) is 0 Å². The minimum Gasteiger partial charge on any atom is -0.468 e. The number of nitrogens with zero attached hydrogens (tertiary/aromatic N) is 1. The number of esters is 1. The van der Waals surface area contributed by atoms with Crippen molar-refractivity contribution in [2.45, 2.75) is 31.1 Å². The Bertz CT molecular complexity index is 391. The number of nitrogens with one attached hydrogen (secondary N) is 1. The SMILES string of the molecule is COC(=O)[C@H](COC[C@H]1CCCN1C(=O)O)NCC(F)(F)F. The zero-order chi connectivity index (χ0) is 16.8. The van der Waals surface area contributed by atoms with Crippen molar-refractivity contribution in [1.82, 2.24) is 10.2 Å². The lowest BCUT2D eigenvalue weighted by atomic mass is 10.2.